The fraction of sp³-hybridized carbons (Fsp3) is 0.273. The van der Waals surface area contributed by atoms with Gasteiger partial charge in [-0.3, -0.25) is 4.79 Å². The fourth-order valence-corrected chi connectivity index (χ4v) is 2.51. The van der Waals surface area contributed by atoms with Crippen molar-refractivity contribution in [1.29, 1.82) is 0 Å². The Morgan fingerprint density at radius 1 is 1.14 bits per heavy atom. The molecule has 0 aliphatic carbocycles. The molecule has 0 bridgehead atoms. The number of rotatable bonds is 8. The van der Waals surface area contributed by atoms with Crippen molar-refractivity contribution >= 4 is 18.0 Å². The van der Waals surface area contributed by atoms with Crippen LogP contribution in [0, 0.1) is 5.82 Å². The maximum absolute atomic E-state index is 13.6. The predicted octanol–water partition coefficient (Wildman–Crippen LogP) is 3.70. The van der Waals surface area contributed by atoms with Crippen molar-refractivity contribution in [3.05, 3.63) is 71.6 Å². The standard InChI is InChI=1S/C22H24FNO4/c1-15(18-7-5-4-6-8-18)14-24-22(26)16(2)28-21(25)12-10-17-9-11-20(27-3)19(23)13-17/h4-13,15-16H,14H2,1-3H3,(H,24,26)/b12-10+/t15-,16-/m0/s1. The van der Waals surface area contributed by atoms with Crippen LogP contribution in [-0.4, -0.2) is 31.6 Å². The lowest BCUT2D eigenvalue weighted by atomic mass is 10.0. The molecular weight excluding hydrogens is 361 g/mol. The molecule has 0 saturated carbocycles. The molecule has 0 aliphatic heterocycles. The molecule has 0 aromatic heterocycles. The van der Waals surface area contributed by atoms with Crippen LogP contribution in [-0.2, 0) is 14.3 Å². The molecule has 28 heavy (non-hydrogen) atoms. The molecule has 2 atom stereocenters. The summed E-state index contributed by atoms with van der Waals surface area (Å²) in [5, 5.41) is 2.78. The Morgan fingerprint density at radius 2 is 1.86 bits per heavy atom. The molecule has 1 amide bonds. The molecule has 0 fully saturated rings. The van der Waals surface area contributed by atoms with Gasteiger partial charge in [0, 0.05) is 12.6 Å². The van der Waals surface area contributed by atoms with Gasteiger partial charge in [-0.25, -0.2) is 9.18 Å². The monoisotopic (exact) mass is 385 g/mol. The number of hydrogen-bond acceptors (Lipinski definition) is 4. The van der Waals surface area contributed by atoms with Crippen LogP contribution in [0.15, 0.2) is 54.6 Å². The van der Waals surface area contributed by atoms with Crippen LogP contribution in [0.1, 0.15) is 30.9 Å². The summed E-state index contributed by atoms with van der Waals surface area (Å²) in [6.45, 7) is 3.94. The van der Waals surface area contributed by atoms with E-state index in [9.17, 15) is 14.0 Å². The van der Waals surface area contributed by atoms with Gasteiger partial charge in [0.05, 0.1) is 7.11 Å². The highest BCUT2D eigenvalue weighted by Gasteiger charge is 2.17. The number of ether oxygens (including phenoxy) is 2. The van der Waals surface area contributed by atoms with Gasteiger partial charge >= 0.3 is 5.97 Å². The quantitative estimate of drug-likeness (QED) is 0.556. The van der Waals surface area contributed by atoms with Crippen LogP contribution < -0.4 is 10.1 Å². The van der Waals surface area contributed by atoms with Gasteiger partial charge in [0.25, 0.3) is 5.91 Å². The minimum Gasteiger partial charge on any atom is -0.494 e. The predicted molar refractivity (Wildman–Crippen MR) is 105 cm³/mol. The fourth-order valence-electron chi connectivity index (χ4n) is 2.51. The Morgan fingerprint density at radius 3 is 2.50 bits per heavy atom. The number of amides is 1. The summed E-state index contributed by atoms with van der Waals surface area (Å²) >= 11 is 0. The van der Waals surface area contributed by atoms with Crippen molar-refractivity contribution in [2.75, 3.05) is 13.7 Å². The molecule has 1 N–H and O–H groups in total. The third-order valence-corrected chi connectivity index (χ3v) is 4.20. The number of methoxy groups -OCH3 is 1. The largest absolute Gasteiger partial charge is 0.494 e. The second-order valence-electron chi connectivity index (χ2n) is 6.36. The maximum Gasteiger partial charge on any atom is 0.331 e. The Kier molecular flexibility index (Phi) is 7.75. The van der Waals surface area contributed by atoms with E-state index in [0.29, 0.717) is 12.1 Å². The van der Waals surface area contributed by atoms with E-state index in [4.69, 9.17) is 9.47 Å². The lowest BCUT2D eigenvalue weighted by Gasteiger charge is -2.16. The van der Waals surface area contributed by atoms with Crippen molar-refractivity contribution < 1.29 is 23.5 Å². The molecule has 0 radical (unpaired) electrons. The van der Waals surface area contributed by atoms with Gasteiger partial charge in [0.2, 0.25) is 0 Å². The highest BCUT2D eigenvalue weighted by molar-refractivity contribution is 5.90. The van der Waals surface area contributed by atoms with Crippen molar-refractivity contribution in [3.63, 3.8) is 0 Å². The van der Waals surface area contributed by atoms with Gasteiger partial charge in [-0.1, -0.05) is 43.3 Å². The number of carbonyl (C=O) groups excluding carboxylic acids is 2. The van der Waals surface area contributed by atoms with Gasteiger partial charge in [-0.2, -0.15) is 0 Å². The molecule has 6 heteroatoms. The molecule has 2 rings (SSSR count). The van der Waals surface area contributed by atoms with Crippen molar-refractivity contribution in [3.8, 4) is 5.75 Å². The highest BCUT2D eigenvalue weighted by Crippen LogP contribution is 2.18. The molecule has 0 spiro atoms. The summed E-state index contributed by atoms with van der Waals surface area (Å²) in [4.78, 5) is 24.0. The summed E-state index contributed by atoms with van der Waals surface area (Å²) < 4.78 is 23.6. The van der Waals surface area contributed by atoms with E-state index >= 15 is 0 Å². The first-order valence-electron chi connectivity index (χ1n) is 8.95. The van der Waals surface area contributed by atoms with E-state index in [1.807, 2.05) is 37.3 Å². The third-order valence-electron chi connectivity index (χ3n) is 4.20. The molecule has 0 aliphatic rings. The van der Waals surface area contributed by atoms with Crippen LogP contribution in [0.25, 0.3) is 6.08 Å². The zero-order chi connectivity index (χ0) is 20.5. The van der Waals surface area contributed by atoms with Crippen molar-refractivity contribution in [2.45, 2.75) is 25.9 Å². The van der Waals surface area contributed by atoms with E-state index < -0.39 is 17.9 Å². The molecular formula is C22H24FNO4. The van der Waals surface area contributed by atoms with Gasteiger partial charge in [0.15, 0.2) is 17.7 Å². The first-order valence-corrected chi connectivity index (χ1v) is 8.95. The zero-order valence-corrected chi connectivity index (χ0v) is 16.1. The Balaban J connectivity index is 1.82. The minimum atomic E-state index is -0.937. The zero-order valence-electron chi connectivity index (χ0n) is 16.1. The molecule has 5 nitrogen and oxygen atoms in total. The van der Waals surface area contributed by atoms with Crippen LogP contribution in [0.2, 0.25) is 0 Å². The average Bonchev–Trinajstić information content (AvgIpc) is 2.70. The molecule has 0 unspecified atom stereocenters. The number of benzene rings is 2. The van der Waals surface area contributed by atoms with Gasteiger partial charge in [0.1, 0.15) is 0 Å². The maximum atomic E-state index is 13.6. The first kappa shape index (κ1) is 21.2. The number of nitrogens with one attached hydrogen (secondary N) is 1. The van der Waals surface area contributed by atoms with E-state index in [-0.39, 0.29) is 17.6 Å². The molecule has 2 aromatic carbocycles. The Bertz CT molecular complexity index is 836. The molecule has 0 saturated heterocycles. The number of carbonyl (C=O) groups is 2. The van der Waals surface area contributed by atoms with E-state index in [0.717, 1.165) is 11.6 Å². The Hall–Kier alpha value is -3.15. The second-order valence-corrected chi connectivity index (χ2v) is 6.36. The average molecular weight is 385 g/mol. The summed E-state index contributed by atoms with van der Waals surface area (Å²) in [5.41, 5.74) is 1.59. The lowest BCUT2D eigenvalue weighted by molar-refractivity contribution is -0.150. The lowest BCUT2D eigenvalue weighted by Crippen LogP contribution is -2.37. The third kappa shape index (κ3) is 6.23. The van der Waals surface area contributed by atoms with Gasteiger partial charge in [-0.15, -0.1) is 0 Å². The summed E-state index contributed by atoms with van der Waals surface area (Å²) in [6.07, 6.45) is 1.62. The van der Waals surface area contributed by atoms with Gasteiger partial charge in [-0.05, 0) is 42.2 Å². The van der Waals surface area contributed by atoms with E-state index in [1.54, 1.807) is 6.07 Å². The second kappa shape index (κ2) is 10.3. The number of hydrogen-bond donors (Lipinski definition) is 1. The first-order chi connectivity index (χ1) is 13.4. The topological polar surface area (TPSA) is 64.6 Å². The molecule has 0 heterocycles. The highest BCUT2D eigenvalue weighted by atomic mass is 19.1. The summed E-state index contributed by atoms with van der Waals surface area (Å²) in [7, 11) is 1.37. The van der Waals surface area contributed by atoms with E-state index in [2.05, 4.69) is 5.32 Å². The smallest absolute Gasteiger partial charge is 0.331 e. The molecule has 148 valence electrons. The minimum absolute atomic E-state index is 0.120. The molecule has 2 aromatic rings. The Labute approximate surface area is 164 Å². The van der Waals surface area contributed by atoms with Crippen LogP contribution in [0.5, 0.6) is 5.75 Å². The normalized spacial score (nSPS) is 13.0. The summed E-state index contributed by atoms with van der Waals surface area (Å²) in [5.74, 6) is -1.33. The summed E-state index contributed by atoms with van der Waals surface area (Å²) in [6, 6.07) is 14.1. The van der Waals surface area contributed by atoms with Gasteiger partial charge < -0.3 is 14.8 Å². The number of halogens is 1. The SMILES string of the molecule is COc1ccc(/C=C/C(=O)O[C@@H](C)C(=O)NC[C@H](C)c2ccccc2)cc1F. The number of esters is 1. The van der Waals surface area contributed by atoms with Crippen LogP contribution in [0.3, 0.4) is 0 Å². The van der Waals surface area contributed by atoms with E-state index in [1.165, 1.54) is 32.2 Å². The van der Waals surface area contributed by atoms with Crippen molar-refractivity contribution in [2.24, 2.45) is 0 Å². The van der Waals surface area contributed by atoms with Crippen LogP contribution >= 0.6 is 0 Å². The van der Waals surface area contributed by atoms with Crippen LogP contribution in [0.4, 0.5) is 4.39 Å². The van der Waals surface area contributed by atoms with Crippen molar-refractivity contribution in [1.82, 2.24) is 5.32 Å².